The Morgan fingerprint density at radius 3 is 2.16 bits per heavy atom. The van der Waals surface area contributed by atoms with Crippen LogP contribution in [0.1, 0.15) is 5.69 Å². The van der Waals surface area contributed by atoms with Crippen molar-refractivity contribution in [3.05, 3.63) is 24.0 Å². The summed E-state index contributed by atoms with van der Waals surface area (Å²) in [4.78, 5) is 3.39. The van der Waals surface area contributed by atoms with Crippen molar-refractivity contribution >= 4 is 5.84 Å². The van der Waals surface area contributed by atoms with Crippen molar-refractivity contribution in [2.75, 3.05) is 0 Å². The van der Waals surface area contributed by atoms with Gasteiger partial charge in [0.05, 0.1) is 0 Å². The zero-order valence-corrected chi connectivity index (χ0v) is 9.01. The van der Waals surface area contributed by atoms with Crippen LogP contribution in [0, 0.1) is 5.41 Å². The minimum Gasteiger partial charge on any atom is -0.469 e. The number of hydrogen-bond donors (Lipinski definition) is 2. The van der Waals surface area contributed by atoms with E-state index in [1.54, 1.807) is 0 Å². The first-order valence-corrected chi connectivity index (χ1v) is 4.63. The van der Waals surface area contributed by atoms with E-state index in [1.165, 1.54) is 0 Å². The second kappa shape index (κ2) is 4.94. The fourth-order valence-electron chi connectivity index (χ4n) is 1.13. The summed E-state index contributed by atoms with van der Waals surface area (Å²) in [5.41, 5.74) is 4.39. The Hall–Kier alpha value is -2.00. The second-order valence-corrected chi connectivity index (χ2v) is 3.34. The maximum atomic E-state index is 12.3. The van der Waals surface area contributed by atoms with Crippen molar-refractivity contribution in [3.8, 4) is 5.75 Å². The standard InChI is InChI=1S/C9H7F6N3O/c10-8(11,12)7(9(13,14)15)19-4-2-1-3-18-5(4)6(16)17/h1-3,7H,(H3,16,17). The molecule has 1 heterocycles. The average Bonchev–Trinajstić information content (AvgIpc) is 2.23. The smallest absolute Gasteiger partial charge is 0.434 e. The van der Waals surface area contributed by atoms with Crippen LogP contribution in [0.4, 0.5) is 26.3 Å². The lowest BCUT2D eigenvalue weighted by Crippen LogP contribution is -2.46. The Bertz CT molecular complexity index is 456. The van der Waals surface area contributed by atoms with Crippen LogP contribution in [-0.2, 0) is 0 Å². The summed E-state index contributed by atoms with van der Waals surface area (Å²) < 4.78 is 77.6. The van der Waals surface area contributed by atoms with Gasteiger partial charge in [-0.05, 0) is 12.1 Å². The van der Waals surface area contributed by atoms with Gasteiger partial charge in [-0.3, -0.25) is 5.41 Å². The van der Waals surface area contributed by atoms with Gasteiger partial charge in [-0.25, -0.2) is 4.98 Å². The number of rotatable bonds is 3. The van der Waals surface area contributed by atoms with Crippen LogP contribution >= 0.6 is 0 Å². The Morgan fingerprint density at radius 1 is 1.21 bits per heavy atom. The Balaban J connectivity index is 3.15. The molecule has 0 bridgehead atoms. The van der Waals surface area contributed by atoms with Crippen molar-refractivity contribution in [3.63, 3.8) is 0 Å². The van der Waals surface area contributed by atoms with E-state index in [0.29, 0.717) is 0 Å². The summed E-state index contributed by atoms with van der Waals surface area (Å²) in [7, 11) is 0. The molecule has 1 rings (SSSR count). The van der Waals surface area contributed by atoms with Gasteiger partial charge in [-0.15, -0.1) is 0 Å². The largest absolute Gasteiger partial charge is 0.469 e. The number of nitrogens with zero attached hydrogens (tertiary/aromatic N) is 1. The number of hydrogen-bond acceptors (Lipinski definition) is 3. The monoisotopic (exact) mass is 287 g/mol. The van der Waals surface area contributed by atoms with E-state index in [9.17, 15) is 26.3 Å². The Labute approximate surface area is 102 Å². The Kier molecular flexibility index (Phi) is 3.91. The number of halogens is 6. The fourth-order valence-corrected chi connectivity index (χ4v) is 1.13. The van der Waals surface area contributed by atoms with E-state index in [0.717, 1.165) is 18.3 Å². The normalized spacial score (nSPS) is 12.6. The van der Waals surface area contributed by atoms with E-state index in [4.69, 9.17) is 11.1 Å². The molecule has 0 spiro atoms. The second-order valence-electron chi connectivity index (χ2n) is 3.34. The van der Waals surface area contributed by atoms with E-state index >= 15 is 0 Å². The topological polar surface area (TPSA) is 72.0 Å². The predicted octanol–water partition coefficient (Wildman–Crippen LogP) is 2.24. The van der Waals surface area contributed by atoms with Crippen LogP contribution in [0.5, 0.6) is 5.75 Å². The molecule has 0 aliphatic carbocycles. The molecule has 3 N–H and O–H groups in total. The van der Waals surface area contributed by atoms with Gasteiger partial charge in [-0.1, -0.05) is 0 Å². The maximum absolute atomic E-state index is 12.3. The van der Waals surface area contributed by atoms with Crippen LogP contribution in [0.2, 0.25) is 0 Å². The predicted molar refractivity (Wildman–Crippen MR) is 51.8 cm³/mol. The summed E-state index contributed by atoms with van der Waals surface area (Å²) in [6, 6.07) is 1.87. The number of ether oxygens (including phenoxy) is 1. The molecular weight excluding hydrogens is 280 g/mol. The summed E-state index contributed by atoms with van der Waals surface area (Å²) in [5.74, 6) is -1.67. The van der Waals surface area contributed by atoms with Gasteiger partial charge in [0.25, 0.3) is 6.10 Å². The summed E-state index contributed by atoms with van der Waals surface area (Å²) >= 11 is 0. The third-order valence-electron chi connectivity index (χ3n) is 1.87. The summed E-state index contributed by atoms with van der Waals surface area (Å²) in [6.07, 6.45) is -14.3. The molecular formula is C9H7F6N3O. The number of aromatic nitrogens is 1. The van der Waals surface area contributed by atoms with Gasteiger partial charge in [-0.2, -0.15) is 26.3 Å². The van der Waals surface area contributed by atoms with Gasteiger partial charge in [0, 0.05) is 6.20 Å². The maximum Gasteiger partial charge on any atom is 0.434 e. The highest BCUT2D eigenvalue weighted by atomic mass is 19.4. The van der Waals surface area contributed by atoms with Crippen molar-refractivity contribution in [2.45, 2.75) is 18.5 Å². The van der Waals surface area contributed by atoms with Crippen LogP contribution in [0.3, 0.4) is 0 Å². The number of amidine groups is 1. The molecule has 0 radical (unpaired) electrons. The highest BCUT2D eigenvalue weighted by Gasteiger charge is 2.59. The number of alkyl halides is 6. The van der Waals surface area contributed by atoms with Crippen LogP contribution in [-0.4, -0.2) is 29.3 Å². The molecule has 0 saturated heterocycles. The zero-order chi connectivity index (χ0) is 14.8. The van der Waals surface area contributed by atoms with Gasteiger partial charge in [0.15, 0.2) is 0 Å². The molecule has 19 heavy (non-hydrogen) atoms. The molecule has 4 nitrogen and oxygen atoms in total. The van der Waals surface area contributed by atoms with E-state index in [2.05, 4.69) is 9.72 Å². The fraction of sp³-hybridized carbons (Fsp3) is 0.333. The van der Waals surface area contributed by atoms with Crippen LogP contribution in [0.25, 0.3) is 0 Å². The van der Waals surface area contributed by atoms with Crippen molar-refractivity contribution in [1.29, 1.82) is 5.41 Å². The molecule has 106 valence electrons. The lowest BCUT2D eigenvalue weighted by Gasteiger charge is -2.24. The van der Waals surface area contributed by atoms with Gasteiger partial charge < -0.3 is 10.5 Å². The highest BCUT2D eigenvalue weighted by Crippen LogP contribution is 2.36. The third-order valence-corrected chi connectivity index (χ3v) is 1.87. The molecule has 1 aromatic heterocycles. The van der Waals surface area contributed by atoms with Gasteiger partial charge >= 0.3 is 12.4 Å². The number of nitrogen functional groups attached to an aromatic ring is 1. The molecule has 0 saturated carbocycles. The third kappa shape index (κ3) is 3.73. The molecule has 10 heteroatoms. The molecule has 0 aliphatic heterocycles. The number of nitrogens with two attached hydrogens (primary N) is 1. The Morgan fingerprint density at radius 2 is 1.74 bits per heavy atom. The van der Waals surface area contributed by atoms with Crippen molar-refractivity contribution in [2.24, 2.45) is 5.73 Å². The lowest BCUT2D eigenvalue weighted by molar-refractivity contribution is -0.299. The van der Waals surface area contributed by atoms with Gasteiger partial charge in [0.2, 0.25) is 0 Å². The molecule has 0 fully saturated rings. The van der Waals surface area contributed by atoms with Crippen molar-refractivity contribution < 1.29 is 31.1 Å². The molecule has 0 unspecified atom stereocenters. The molecule has 0 atom stereocenters. The van der Waals surface area contributed by atoms with E-state index in [1.807, 2.05) is 0 Å². The first-order valence-electron chi connectivity index (χ1n) is 4.63. The molecule has 0 amide bonds. The molecule has 0 aliphatic rings. The van der Waals surface area contributed by atoms with Crippen molar-refractivity contribution in [1.82, 2.24) is 4.98 Å². The minimum atomic E-state index is -5.65. The summed E-state index contributed by atoms with van der Waals surface area (Å²) in [5, 5.41) is 7.01. The zero-order valence-electron chi connectivity index (χ0n) is 9.01. The number of nitrogens with one attached hydrogen (secondary N) is 1. The van der Waals surface area contributed by atoms with E-state index in [-0.39, 0.29) is 0 Å². The van der Waals surface area contributed by atoms with Crippen LogP contribution in [0.15, 0.2) is 18.3 Å². The first-order chi connectivity index (χ1) is 8.53. The number of pyridine rings is 1. The molecule has 0 aromatic carbocycles. The molecule has 1 aromatic rings. The minimum absolute atomic E-state index is 0.596. The van der Waals surface area contributed by atoms with Crippen LogP contribution < -0.4 is 10.5 Å². The van der Waals surface area contributed by atoms with E-state index < -0.39 is 35.7 Å². The van der Waals surface area contributed by atoms with Gasteiger partial charge in [0.1, 0.15) is 17.3 Å². The first kappa shape index (κ1) is 15.1. The summed E-state index contributed by atoms with van der Waals surface area (Å²) in [6.45, 7) is 0. The highest BCUT2D eigenvalue weighted by molar-refractivity contribution is 5.95. The quantitative estimate of drug-likeness (QED) is 0.509. The average molecular weight is 287 g/mol. The lowest BCUT2D eigenvalue weighted by atomic mass is 10.3. The SMILES string of the molecule is N=C(N)c1ncccc1OC(C(F)(F)F)C(F)(F)F.